The van der Waals surface area contributed by atoms with E-state index in [-0.39, 0.29) is 29.3 Å². The first-order valence-corrected chi connectivity index (χ1v) is 9.98. The number of hydrogen-bond donors (Lipinski definition) is 2. The number of sulfonamides is 1. The summed E-state index contributed by atoms with van der Waals surface area (Å²) in [5.74, 6) is -0.0871. The van der Waals surface area contributed by atoms with Gasteiger partial charge in [-0.1, -0.05) is 6.07 Å². The van der Waals surface area contributed by atoms with Gasteiger partial charge in [-0.15, -0.1) is 12.4 Å². The molecule has 0 radical (unpaired) electrons. The van der Waals surface area contributed by atoms with Gasteiger partial charge in [-0.2, -0.15) is 0 Å². The number of hydrogen-bond acceptors (Lipinski definition) is 4. The fourth-order valence-electron chi connectivity index (χ4n) is 3.05. The first-order valence-electron chi connectivity index (χ1n) is 8.50. The molecule has 0 aromatic heterocycles. The van der Waals surface area contributed by atoms with Crippen LogP contribution in [0.4, 0.5) is 0 Å². The van der Waals surface area contributed by atoms with Crippen LogP contribution in [0.2, 0.25) is 0 Å². The number of aryl methyl sites for hydroxylation is 1. The third kappa shape index (κ3) is 4.73. The number of halogens is 1. The predicted octanol–water partition coefficient (Wildman–Crippen LogP) is 1.68. The fourth-order valence-corrected chi connectivity index (χ4v) is 4.39. The molecule has 1 atom stereocenters. The molecule has 2 aliphatic rings. The Bertz CT molecular complexity index is 735. The molecule has 1 amide bonds. The topological polar surface area (TPSA) is 78.5 Å². The number of likely N-dealkylation sites (tertiary alicyclic amines) is 1. The number of piperidine rings is 1. The Hall–Kier alpha value is -1.15. The zero-order chi connectivity index (χ0) is 17.3. The van der Waals surface area contributed by atoms with Gasteiger partial charge in [-0.3, -0.25) is 4.79 Å². The predicted molar refractivity (Wildman–Crippen MR) is 99.8 cm³/mol. The number of likely N-dealkylation sites (N-methyl/N-ethyl adjacent to an activating group) is 1. The second-order valence-electron chi connectivity index (χ2n) is 6.75. The van der Waals surface area contributed by atoms with E-state index in [2.05, 4.69) is 10.0 Å². The average Bonchev–Trinajstić information content (AvgIpc) is 3.37. The molecule has 0 bridgehead atoms. The standard InChI is InChI=1S/C17H25N3O3S.ClH/c1-12-5-8-15(24(22,23)19-13-6-7-13)10-16(12)17(21)20-9-3-4-14(11-20)18-2;/h5,8,10,13-14,18-19H,3-4,6-7,9,11H2,1-2H3;1H. The van der Waals surface area contributed by atoms with Gasteiger partial charge in [-0.05, 0) is 57.4 Å². The van der Waals surface area contributed by atoms with E-state index in [1.807, 2.05) is 18.9 Å². The molecular weight excluding hydrogens is 362 g/mol. The molecule has 8 heteroatoms. The normalized spacial score (nSPS) is 20.9. The summed E-state index contributed by atoms with van der Waals surface area (Å²) in [5, 5.41) is 3.22. The quantitative estimate of drug-likeness (QED) is 0.805. The first-order chi connectivity index (χ1) is 11.4. The molecular formula is C17H26ClN3O3S. The van der Waals surface area contributed by atoms with Crippen LogP contribution in [0.1, 0.15) is 41.6 Å². The average molecular weight is 388 g/mol. The van der Waals surface area contributed by atoms with Crippen LogP contribution in [-0.4, -0.2) is 51.4 Å². The monoisotopic (exact) mass is 387 g/mol. The van der Waals surface area contributed by atoms with Crippen molar-refractivity contribution in [1.82, 2.24) is 14.9 Å². The van der Waals surface area contributed by atoms with Gasteiger partial charge in [0.05, 0.1) is 4.90 Å². The van der Waals surface area contributed by atoms with Crippen molar-refractivity contribution >= 4 is 28.3 Å². The molecule has 1 saturated carbocycles. The number of carbonyl (C=O) groups is 1. The van der Waals surface area contributed by atoms with Gasteiger partial charge in [0.1, 0.15) is 0 Å². The molecule has 0 spiro atoms. The molecule has 1 unspecified atom stereocenters. The van der Waals surface area contributed by atoms with E-state index >= 15 is 0 Å². The van der Waals surface area contributed by atoms with Crippen molar-refractivity contribution in [3.05, 3.63) is 29.3 Å². The molecule has 2 N–H and O–H groups in total. The van der Waals surface area contributed by atoms with Crippen LogP contribution in [-0.2, 0) is 10.0 Å². The van der Waals surface area contributed by atoms with Gasteiger partial charge >= 0.3 is 0 Å². The maximum absolute atomic E-state index is 12.9. The summed E-state index contributed by atoms with van der Waals surface area (Å²) in [6.07, 6.45) is 3.78. The van der Waals surface area contributed by atoms with Gasteiger partial charge in [0, 0.05) is 30.7 Å². The summed E-state index contributed by atoms with van der Waals surface area (Å²) >= 11 is 0. The zero-order valence-electron chi connectivity index (χ0n) is 14.6. The maximum Gasteiger partial charge on any atom is 0.254 e. The maximum atomic E-state index is 12.9. The highest BCUT2D eigenvalue weighted by molar-refractivity contribution is 7.89. The molecule has 1 aliphatic carbocycles. The highest BCUT2D eigenvalue weighted by atomic mass is 35.5. The third-order valence-corrected chi connectivity index (χ3v) is 6.28. The zero-order valence-corrected chi connectivity index (χ0v) is 16.3. The fraction of sp³-hybridized carbons (Fsp3) is 0.588. The Kier molecular flexibility index (Phi) is 6.48. The van der Waals surface area contributed by atoms with E-state index in [1.165, 1.54) is 6.07 Å². The SMILES string of the molecule is CNC1CCCN(C(=O)c2cc(S(=O)(=O)NC3CC3)ccc2C)C1.Cl. The van der Waals surface area contributed by atoms with Crippen LogP contribution in [0, 0.1) is 6.92 Å². The highest BCUT2D eigenvalue weighted by Crippen LogP contribution is 2.24. The molecule has 1 saturated heterocycles. The molecule has 1 aromatic carbocycles. The second kappa shape index (κ2) is 8.03. The van der Waals surface area contributed by atoms with Crippen molar-refractivity contribution in [2.75, 3.05) is 20.1 Å². The number of rotatable bonds is 5. The summed E-state index contributed by atoms with van der Waals surface area (Å²) in [4.78, 5) is 14.9. The molecule has 1 aromatic rings. The minimum absolute atomic E-state index is 0. The third-order valence-electron chi connectivity index (χ3n) is 4.77. The molecule has 1 aliphatic heterocycles. The van der Waals surface area contributed by atoms with Gasteiger partial charge in [-0.25, -0.2) is 13.1 Å². The second-order valence-corrected chi connectivity index (χ2v) is 8.47. The Morgan fingerprint density at radius 1 is 1.20 bits per heavy atom. The van der Waals surface area contributed by atoms with Crippen LogP contribution in [0.3, 0.4) is 0 Å². The molecule has 140 valence electrons. The number of nitrogens with one attached hydrogen (secondary N) is 2. The Labute approximate surface area is 155 Å². The van der Waals surface area contributed by atoms with Gasteiger partial charge in [0.25, 0.3) is 5.91 Å². The number of amides is 1. The van der Waals surface area contributed by atoms with Crippen molar-refractivity contribution in [2.45, 2.75) is 49.6 Å². The Balaban J connectivity index is 0.00000225. The van der Waals surface area contributed by atoms with Crippen molar-refractivity contribution in [1.29, 1.82) is 0 Å². The lowest BCUT2D eigenvalue weighted by Crippen LogP contribution is -2.47. The summed E-state index contributed by atoms with van der Waals surface area (Å²) in [6, 6.07) is 5.16. The van der Waals surface area contributed by atoms with Gasteiger partial charge < -0.3 is 10.2 Å². The Morgan fingerprint density at radius 3 is 2.56 bits per heavy atom. The highest BCUT2D eigenvalue weighted by Gasteiger charge is 2.29. The van der Waals surface area contributed by atoms with Crippen molar-refractivity contribution < 1.29 is 13.2 Å². The number of nitrogens with zero attached hydrogens (tertiary/aromatic N) is 1. The van der Waals surface area contributed by atoms with E-state index in [0.29, 0.717) is 24.7 Å². The minimum Gasteiger partial charge on any atom is -0.337 e. The van der Waals surface area contributed by atoms with Crippen molar-refractivity contribution in [3.63, 3.8) is 0 Å². The van der Waals surface area contributed by atoms with Crippen LogP contribution in [0.25, 0.3) is 0 Å². The van der Waals surface area contributed by atoms with Crippen LogP contribution in [0.15, 0.2) is 23.1 Å². The van der Waals surface area contributed by atoms with Gasteiger partial charge in [0.2, 0.25) is 10.0 Å². The van der Waals surface area contributed by atoms with Crippen LogP contribution in [0.5, 0.6) is 0 Å². The lowest BCUT2D eigenvalue weighted by Gasteiger charge is -2.33. The largest absolute Gasteiger partial charge is 0.337 e. The molecule has 6 nitrogen and oxygen atoms in total. The first kappa shape index (κ1) is 20.2. The summed E-state index contributed by atoms with van der Waals surface area (Å²) < 4.78 is 27.5. The van der Waals surface area contributed by atoms with E-state index in [4.69, 9.17) is 0 Å². The molecule has 25 heavy (non-hydrogen) atoms. The van der Waals surface area contributed by atoms with E-state index in [0.717, 1.165) is 31.2 Å². The summed E-state index contributed by atoms with van der Waals surface area (Å²) in [6.45, 7) is 3.22. The van der Waals surface area contributed by atoms with Crippen molar-refractivity contribution in [2.24, 2.45) is 0 Å². The molecule has 2 fully saturated rings. The Morgan fingerprint density at radius 2 is 1.92 bits per heavy atom. The summed E-state index contributed by atoms with van der Waals surface area (Å²) in [7, 11) is -1.65. The van der Waals surface area contributed by atoms with Crippen molar-refractivity contribution in [3.8, 4) is 0 Å². The van der Waals surface area contributed by atoms with E-state index < -0.39 is 10.0 Å². The lowest BCUT2D eigenvalue weighted by atomic mass is 10.0. The summed E-state index contributed by atoms with van der Waals surface area (Å²) in [5.41, 5.74) is 1.28. The number of benzene rings is 1. The van der Waals surface area contributed by atoms with E-state index in [1.54, 1.807) is 12.1 Å². The molecule has 3 rings (SSSR count). The smallest absolute Gasteiger partial charge is 0.254 e. The molecule has 1 heterocycles. The number of carbonyl (C=O) groups excluding carboxylic acids is 1. The van der Waals surface area contributed by atoms with Crippen LogP contribution < -0.4 is 10.0 Å². The lowest BCUT2D eigenvalue weighted by molar-refractivity contribution is 0.0697. The van der Waals surface area contributed by atoms with Gasteiger partial charge in [0.15, 0.2) is 0 Å². The van der Waals surface area contributed by atoms with E-state index in [9.17, 15) is 13.2 Å². The minimum atomic E-state index is -3.55. The van der Waals surface area contributed by atoms with Crippen LogP contribution >= 0.6 is 12.4 Å².